The number of rotatable bonds is 6. The highest BCUT2D eigenvalue weighted by Gasteiger charge is 2.24. The Hall–Kier alpha value is -1.43. The van der Waals surface area contributed by atoms with Crippen LogP contribution in [0.4, 0.5) is 5.69 Å². The number of alkyl halides is 1. The van der Waals surface area contributed by atoms with Gasteiger partial charge in [-0.25, -0.2) is 0 Å². The van der Waals surface area contributed by atoms with Crippen molar-refractivity contribution in [3.8, 4) is 0 Å². The first-order valence-corrected chi connectivity index (χ1v) is 7.17. The van der Waals surface area contributed by atoms with E-state index in [1.165, 1.54) is 24.3 Å². The van der Waals surface area contributed by atoms with Crippen LogP contribution in [0.5, 0.6) is 0 Å². The minimum Gasteiger partial charge on any atom is -0.347 e. The Bertz CT molecular complexity index is 461. The molecule has 6 heteroatoms. The van der Waals surface area contributed by atoms with Crippen LogP contribution in [-0.2, 0) is 0 Å². The summed E-state index contributed by atoms with van der Waals surface area (Å²) in [7, 11) is 0. The number of nitrogens with zero attached hydrogens (tertiary/aromatic N) is 1. The Morgan fingerprint density at radius 2 is 2.00 bits per heavy atom. The summed E-state index contributed by atoms with van der Waals surface area (Å²) in [6.45, 7) is 4.00. The molecule has 0 saturated heterocycles. The Morgan fingerprint density at radius 3 is 2.42 bits per heavy atom. The molecule has 0 aliphatic heterocycles. The molecule has 0 radical (unpaired) electrons. The Kier molecular flexibility index (Phi) is 5.47. The van der Waals surface area contributed by atoms with E-state index in [4.69, 9.17) is 0 Å². The summed E-state index contributed by atoms with van der Waals surface area (Å²) in [4.78, 5) is 22.1. The van der Waals surface area contributed by atoms with Crippen LogP contribution in [0.3, 0.4) is 0 Å². The molecule has 0 aliphatic carbocycles. The molecule has 1 N–H and O–H groups in total. The van der Waals surface area contributed by atoms with Gasteiger partial charge in [0.05, 0.1) is 4.92 Å². The highest BCUT2D eigenvalue weighted by Crippen LogP contribution is 2.18. The van der Waals surface area contributed by atoms with Gasteiger partial charge in [-0.15, -0.1) is 0 Å². The van der Waals surface area contributed by atoms with E-state index < -0.39 is 4.92 Å². The lowest BCUT2D eigenvalue weighted by atomic mass is 9.95. The van der Waals surface area contributed by atoms with Crippen molar-refractivity contribution in [3.63, 3.8) is 0 Å². The molecule has 0 aliphatic rings. The Morgan fingerprint density at radius 1 is 1.42 bits per heavy atom. The van der Waals surface area contributed by atoms with Crippen molar-refractivity contribution in [1.82, 2.24) is 5.32 Å². The van der Waals surface area contributed by atoms with Gasteiger partial charge in [0.1, 0.15) is 0 Å². The number of halogens is 1. The van der Waals surface area contributed by atoms with Gasteiger partial charge >= 0.3 is 0 Å². The third-order valence-corrected chi connectivity index (χ3v) is 3.58. The van der Waals surface area contributed by atoms with E-state index >= 15 is 0 Å². The quantitative estimate of drug-likeness (QED) is 0.494. The van der Waals surface area contributed by atoms with Crippen LogP contribution < -0.4 is 5.32 Å². The van der Waals surface area contributed by atoms with Gasteiger partial charge in [0.2, 0.25) is 0 Å². The monoisotopic (exact) mass is 328 g/mol. The molecule has 19 heavy (non-hydrogen) atoms. The maximum atomic E-state index is 12.1. The lowest BCUT2D eigenvalue weighted by Crippen LogP contribution is -2.45. The smallest absolute Gasteiger partial charge is 0.269 e. The molecule has 104 valence electrons. The number of nitro groups is 1. The van der Waals surface area contributed by atoms with Gasteiger partial charge in [0, 0.05) is 28.6 Å². The highest BCUT2D eigenvalue weighted by molar-refractivity contribution is 9.09. The number of non-ortho nitro benzene ring substituents is 1. The molecule has 1 atom stereocenters. The molecule has 5 nitrogen and oxygen atoms in total. The zero-order valence-corrected chi connectivity index (χ0v) is 12.6. The Balaban J connectivity index is 2.80. The molecular weight excluding hydrogens is 312 g/mol. The number of nitrogens with one attached hydrogen (secondary N) is 1. The van der Waals surface area contributed by atoms with Gasteiger partial charge < -0.3 is 5.32 Å². The number of carbonyl (C=O) groups excluding carboxylic acids is 1. The van der Waals surface area contributed by atoms with Crippen LogP contribution in [0.25, 0.3) is 0 Å². The van der Waals surface area contributed by atoms with Crippen LogP contribution in [0.1, 0.15) is 37.0 Å². The summed E-state index contributed by atoms with van der Waals surface area (Å²) in [5.74, 6) is -0.208. The highest BCUT2D eigenvalue weighted by atomic mass is 79.9. The van der Waals surface area contributed by atoms with Gasteiger partial charge in [-0.3, -0.25) is 14.9 Å². The minimum absolute atomic E-state index is 0.0183. The molecule has 1 unspecified atom stereocenters. The van der Waals surface area contributed by atoms with Crippen LogP contribution in [0.2, 0.25) is 0 Å². The molecule has 0 spiro atoms. The molecular formula is C13H17BrN2O3. The van der Waals surface area contributed by atoms with E-state index in [2.05, 4.69) is 21.2 Å². The largest absolute Gasteiger partial charge is 0.347 e. The molecule has 1 amide bonds. The third-order valence-electron chi connectivity index (χ3n) is 3.18. The van der Waals surface area contributed by atoms with Gasteiger partial charge in [-0.2, -0.15) is 0 Å². The number of benzene rings is 1. The number of hydrogen-bond acceptors (Lipinski definition) is 3. The zero-order valence-electron chi connectivity index (χ0n) is 11.0. The molecule has 1 rings (SSSR count). The van der Waals surface area contributed by atoms with Crippen LogP contribution in [0.15, 0.2) is 24.3 Å². The van der Waals surface area contributed by atoms with E-state index in [0.717, 1.165) is 18.2 Å². The zero-order chi connectivity index (χ0) is 14.5. The Labute approximate surface area is 120 Å². The number of nitro benzene ring substituents is 1. The van der Waals surface area contributed by atoms with Gasteiger partial charge in [0.25, 0.3) is 11.6 Å². The fraction of sp³-hybridized carbons (Fsp3) is 0.462. The fourth-order valence-electron chi connectivity index (χ4n) is 1.62. The van der Waals surface area contributed by atoms with E-state index in [9.17, 15) is 14.9 Å². The maximum absolute atomic E-state index is 12.1. The van der Waals surface area contributed by atoms with Crippen molar-refractivity contribution in [1.29, 1.82) is 0 Å². The normalized spacial score (nSPS) is 13.6. The second-order valence-electron chi connectivity index (χ2n) is 4.61. The molecule has 0 saturated carbocycles. The first-order chi connectivity index (χ1) is 8.91. The van der Waals surface area contributed by atoms with Gasteiger partial charge in [-0.05, 0) is 31.9 Å². The SMILES string of the molecule is CCC(C)(CCBr)NC(=O)c1ccc([N+](=O)[O-])cc1. The van der Waals surface area contributed by atoms with Crippen molar-refractivity contribution in [3.05, 3.63) is 39.9 Å². The summed E-state index contributed by atoms with van der Waals surface area (Å²) in [5, 5.41) is 14.3. The third kappa shape index (κ3) is 4.31. The first kappa shape index (κ1) is 15.6. The standard InChI is InChI=1S/C13H17BrN2O3/c1-3-13(2,8-9-14)15-12(17)10-4-6-11(7-5-10)16(18)19/h4-7H,3,8-9H2,1-2H3,(H,15,17). The summed E-state index contributed by atoms with van der Waals surface area (Å²) < 4.78 is 0. The molecule has 0 fully saturated rings. The van der Waals surface area contributed by atoms with Crippen molar-refractivity contribution in [2.75, 3.05) is 5.33 Å². The second-order valence-corrected chi connectivity index (χ2v) is 5.40. The van der Waals surface area contributed by atoms with Crippen LogP contribution in [0, 0.1) is 10.1 Å². The average Bonchev–Trinajstić information content (AvgIpc) is 2.39. The summed E-state index contributed by atoms with van der Waals surface area (Å²) in [6, 6.07) is 5.61. The average molecular weight is 329 g/mol. The first-order valence-electron chi connectivity index (χ1n) is 6.05. The van der Waals surface area contributed by atoms with Crippen molar-refractivity contribution in [2.45, 2.75) is 32.2 Å². The number of carbonyl (C=O) groups is 1. The number of amides is 1. The van der Waals surface area contributed by atoms with E-state index in [-0.39, 0.29) is 17.1 Å². The lowest BCUT2D eigenvalue weighted by Gasteiger charge is -2.29. The summed E-state index contributed by atoms with van der Waals surface area (Å²) in [5.41, 5.74) is 0.137. The molecule has 0 heterocycles. The van der Waals surface area contributed by atoms with E-state index in [1.54, 1.807) is 0 Å². The van der Waals surface area contributed by atoms with Crippen LogP contribution in [-0.4, -0.2) is 21.7 Å². The fourth-order valence-corrected chi connectivity index (χ4v) is 2.49. The van der Waals surface area contributed by atoms with E-state index in [0.29, 0.717) is 5.56 Å². The second kappa shape index (κ2) is 6.65. The predicted molar refractivity (Wildman–Crippen MR) is 77.7 cm³/mol. The lowest BCUT2D eigenvalue weighted by molar-refractivity contribution is -0.384. The van der Waals surface area contributed by atoms with E-state index in [1.807, 2.05) is 13.8 Å². The molecule has 0 aromatic heterocycles. The van der Waals surface area contributed by atoms with Gasteiger partial charge in [-0.1, -0.05) is 22.9 Å². The molecule has 1 aromatic carbocycles. The predicted octanol–water partition coefficient (Wildman–Crippen LogP) is 3.28. The summed E-state index contributed by atoms with van der Waals surface area (Å²) >= 11 is 3.37. The van der Waals surface area contributed by atoms with Gasteiger partial charge in [0.15, 0.2) is 0 Å². The van der Waals surface area contributed by atoms with Crippen molar-refractivity contribution >= 4 is 27.5 Å². The molecule has 1 aromatic rings. The maximum Gasteiger partial charge on any atom is 0.269 e. The summed E-state index contributed by atoms with van der Waals surface area (Å²) in [6.07, 6.45) is 1.64. The number of hydrogen-bond donors (Lipinski definition) is 1. The minimum atomic E-state index is -0.483. The van der Waals surface area contributed by atoms with Crippen molar-refractivity contribution < 1.29 is 9.72 Å². The van der Waals surface area contributed by atoms with Crippen LogP contribution >= 0.6 is 15.9 Å². The topological polar surface area (TPSA) is 72.2 Å². The molecule has 0 bridgehead atoms. The van der Waals surface area contributed by atoms with Crippen molar-refractivity contribution in [2.24, 2.45) is 0 Å².